The van der Waals surface area contributed by atoms with Crippen LogP contribution in [0, 0.1) is 0 Å². The van der Waals surface area contributed by atoms with Gasteiger partial charge in [0.1, 0.15) is 5.75 Å². The van der Waals surface area contributed by atoms with E-state index in [-0.39, 0.29) is 12.1 Å². The van der Waals surface area contributed by atoms with Crippen molar-refractivity contribution in [3.05, 3.63) is 78.4 Å². The van der Waals surface area contributed by atoms with Gasteiger partial charge >= 0.3 is 0 Å². The Morgan fingerprint density at radius 3 is 2.74 bits per heavy atom. The average molecular weight is 436 g/mol. The maximum Gasteiger partial charge on any atom is 0.170 e. The molecular formula is C24H29N5OS. The highest BCUT2D eigenvalue weighted by Gasteiger charge is 2.40. The van der Waals surface area contributed by atoms with Gasteiger partial charge in [-0.15, -0.1) is 0 Å². The van der Waals surface area contributed by atoms with Gasteiger partial charge in [0.15, 0.2) is 5.11 Å². The van der Waals surface area contributed by atoms with Gasteiger partial charge in [-0.2, -0.15) is 0 Å². The summed E-state index contributed by atoms with van der Waals surface area (Å²) in [4.78, 5) is 9.16. The first-order chi connectivity index (χ1) is 15.1. The molecule has 1 aromatic carbocycles. The number of thiocarbonyl (C=S) groups is 1. The van der Waals surface area contributed by atoms with Crippen molar-refractivity contribution in [2.75, 3.05) is 34.3 Å². The molecule has 6 nitrogen and oxygen atoms in total. The zero-order valence-electron chi connectivity index (χ0n) is 18.2. The van der Waals surface area contributed by atoms with Crippen LogP contribution in [0.1, 0.15) is 29.9 Å². The van der Waals surface area contributed by atoms with Gasteiger partial charge in [0.05, 0.1) is 24.9 Å². The Bertz CT molecular complexity index is 1020. The number of hydrogen-bond donors (Lipinski definition) is 1. The van der Waals surface area contributed by atoms with Crippen LogP contribution < -0.4 is 10.1 Å². The Hall–Kier alpha value is -2.90. The van der Waals surface area contributed by atoms with Crippen molar-refractivity contribution in [1.29, 1.82) is 0 Å². The third-order valence-electron chi connectivity index (χ3n) is 5.62. The Kier molecular flexibility index (Phi) is 6.53. The Labute approximate surface area is 189 Å². The van der Waals surface area contributed by atoms with E-state index in [1.54, 1.807) is 7.11 Å². The molecule has 1 aliphatic rings. The first-order valence-corrected chi connectivity index (χ1v) is 10.9. The minimum Gasteiger partial charge on any atom is -0.497 e. The Morgan fingerprint density at radius 1 is 1.13 bits per heavy atom. The maximum absolute atomic E-state index is 5.79. The van der Waals surface area contributed by atoms with Crippen LogP contribution >= 0.6 is 12.2 Å². The van der Waals surface area contributed by atoms with Crippen LogP contribution in [-0.2, 0) is 0 Å². The van der Waals surface area contributed by atoms with Crippen LogP contribution in [0.5, 0.6) is 5.75 Å². The zero-order valence-corrected chi connectivity index (χ0v) is 19.0. The summed E-state index contributed by atoms with van der Waals surface area (Å²) in [7, 11) is 5.89. The van der Waals surface area contributed by atoms with Crippen LogP contribution in [0.2, 0.25) is 0 Å². The van der Waals surface area contributed by atoms with E-state index in [2.05, 4.69) is 75.3 Å². The second-order valence-electron chi connectivity index (χ2n) is 7.98. The molecule has 0 bridgehead atoms. The molecular weight excluding hydrogens is 406 g/mol. The minimum absolute atomic E-state index is 0.0210. The summed E-state index contributed by atoms with van der Waals surface area (Å²) in [6.07, 6.45) is 4.96. The standard InChI is InChI=1S/C24H29N5OS/c1-27(2)14-8-16-29-23(22(26-24(29)31)20-11-4-5-13-25-20)21-12-7-15-28(21)18-9-6-10-19(17-18)30-3/h4-7,9-13,15,17,22-23H,8,14,16H2,1-3H3,(H,26,31)/t22-,23+/m0/s1. The topological polar surface area (TPSA) is 45.6 Å². The van der Waals surface area contributed by atoms with Gasteiger partial charge in [0, 0.05) is 36.4 Å². The summed E-state index contributed by atoms with van der Waals surface area (Å²) >= 11 is 5.79. The molecule has 3 aromatic rings. The molecule has 0 radical (unpaired) electrons. The fourth-order valence-electron chi connectivity index (χ4n) is 4.16. The molecule has 0 spiro atoms. The summed E-state index contributed by atoms with van der Waals surface area (Å²) in [5.41, 5.74) is 3.22. The first-order valence-electron chi connectivity index (χ1n) is 10.5. The van der Waals surface area contributed by atoms with E-state index >= 15 is 0 Å². The summed E-state index contributed by atoms with van der Waals surface area (Å²) in [6, 6.07) is 18.4. The predicted octanol–water partition coefficient (Wildman–Crippen LogP) is 3.81. The molecule has 2 aromatic heterocycles. The zero-order chi connectivity index (χ0) is 21.8. The minimum atomic E-state index is -0.0210. The SMILES string of the molecule is COc1cccc(-n2cccc2[C@@H]2[C@H](c3ccccn3)NC(=S)N2CCCN(C)C)c1. The molecule has 31 heavy (non-hydrogen) atoms. The lowest BCUT2D eigenvalue weighted by Gasteiger charge is -2.29. The third kappa shape index (κ3) is 4.57. The van der Waals surface area contributed by atoms with E-state index in [1.807, 2.05) is 30.5 Å². The van der Waals surface area contributed by atoms with Crippen molar-refractivity contribution in [1.82, 2.24) is 24.7 Å². The quantitative estimate of drug-likeness (QED) is 0.543. The van der Waals surface area contributed by atoms with Crippen LogP contribution in [0.15, 0.2) is 67.0 Å². The highest BCUT2D eigenvalue weighted by Crippen LogP contribution is 2.39. The number of nitrogens with one attached hydrogen (secondary N) is 1. The van der Waals surface area contributed by atoms with Crippen molar-refractivity contribution < 1.29 is 4.74 Å². The number of hydrogen-bond acceptors (Lipinski definition) is 4. The number of nitrogens with zero attached hydrogens (tertiary/aromatic N) is 4. The molecule has 2 atom stereocenters. The highest BCUT2D eigenvalue weighted by molar-refractivity contribution is 7.80. The van der Waals surface area contributed by atoms with E-state index in [0.717, 1.165) is 41.8 Å². The number of ether oxygens (including phenoxy) is 1. The van der Waals surface area contributed by atoms with Gasteiger partial charge in [0.2, 0.25) is 0 Å². The first kappa shape index (κ1) is 21.3. The summed E-state index contributed by atoms with van der Waals surface area (Å²) in [6.45, 7) is 1.89. The molecule has 7 heteroatoms. The monoisotopic (exact) mass is 435 g/mol. The van der Waals surface area contributed by atoms with Crippen LogP contribution in [-0.4, -0.2) is 58.8 Å². The van der Waals surface area contributed by atoms with Crippen LogP contribution in [0.4, 0.5) is 0 Å². The molecule has 1 aliphatic heterocycles. The average Bonchev–Trinajstić information content (AvgIpc) is 3.39. The predicted molar refractivity (Wildman–Crippen MR) is 128 cm³/mol. The summed E-state index contributed by atoms with van der Waals surface area (Å²) in [5, 5.41) is 4.32. The molecule has 0 saturated carbocycles. The molecule has 162 valence electrons. The van der Waals surface area contributed by atoms with E-state index < -0.39 is 0 Å². The second kappa shape index (κ2) is 9.49. The van der Waals surface area contributed by atoms with Gasteiger partial charge < -0.3 is 24.4 Å². The van der Waals surface area contributed by atoms with Crippen molar-refractivity contribution in [2.24, 2.45) is 0 Å². The highest BCUT2D eigenvalue weighted by atomic mass is 32.1. The Morgan fingerprint density at radius 2 is 2.00 bits per heavy atom. The number of rotatable bonds is 8. The van der Waals surface area contributed by atoms with Crippen molar-refractivity contribution in [3.8, 4) is 11.4 Å². The van der Waals surface area contributed by atoms with Gasteiger partial charge in [-0.1, -0.05) is 12.1 Å². The lowest BCUT2D eigenvalue weighted by atomic mass is 10.0. The molecule has 1 saturated heterocycles. The van der Waals surface area contributed by atoms with E-state index in [1.165, 1.54) is 5.69 Å². The number of pyridine rings is 1. The normalized spacial score (nSPS) is 18.5. The fraction of sp³-hybridized carbons (Fsp3) is 0.333. The lowest BCUT2D eigenvalue weighted by molar-refractivity contribution is 0.286. The summed E-state index contributed by atoms with van der Waals surface area (Å²) in [5.74, 6) is 0.835. The van der Waals surface area contributed by atoms with Gasteiger partial charge in [-0.25, -0.2) is 0 Å². The fourth-order valence-corrected chi connectivity index (χ4v) is 4.49. The van der Waals surface area contributed by atoms with E-state index in [4.69, 9.17) is 17.0 Å². The molecule has 1 N–H and O–H groups in total. The van der Waals surface area contributed by atoms with Gasteiger partial charge in [0.25, 0.3) is 0 Å². The third-order valence-corrected chi connectivity index (χ3v) is 5.97. The second-order valence-corrected chi connectivity index (χ2v) is 8.37. The molecule has 0 amide bonds. The number of benzene rings is 1. The molecule has 0 aliphatic carbocycles. The van der Waals surface area contributed by atoms with Crippen LogP contribution in [0.25, 0.3) is 5.69 Å². The molecule has 4 rings (SSSR count). The smallest absolute Gasteiger partial charge is 0.170 e. The van der Waals surface area contributed by atoms with E-state index in [9.17, 15) is 0 Å². The van der Waals surface area contributed by atoms with Gasteiger partial charge in [-0.05, 0) is 75.7 Å². The van der Waals surface area contributed by atoms with Crippen molar-refractivity contribution in [2.45, 2.75) is 18.5 Å². The lowest BCUT2D eigenvalue weighted by Crippen LogP contribution is -2.32. The molecule has 1 fully saturated rings. The largest absolute Gasteiger partial charge is 0.497 e. The van der Waals surface area contributed by atoms with Crippen molar-refractivity contribution >= 4 is 17.3 Å². The summed E-state index contributed by atoms with van der Waals surface area (Å²) < 4.78 is 7.67. The van der Waals surface area contributed by atoms with E-state index in [0.29, 0.717) is 0 Å². The molecule has 0 unspecified atom stereocenters. The molecule has 3 heterocycles. The van der Waals surface area contributed by atoms with Crippen molar-refractivity contribution in [3.63, 3.8) is 0 Å². The number of methoxy groups -OCH3 is 1. The van der Waals surface area contributed by atoms with Crippen LogP contribution in [0.3, 0.4) is 0 Å². The van der Waals surface area contributed by atoms with Gasteiger partial charge in [-0.3, -0.25) is 4.98 Å². The Balaban J connectivity index is 1.74. The maximum atomic E-state index is 5.79. The number of aromatic nitrogens is 2.